The molecule has 11 heteroatoms. The SMILES string of the molecule is CCc1c(Cl)cccc1N1CCN(CCCCOc2ccc(C)c(N(COC(=O)COCCOCCOC)C(C)=O)c2)CC1. The molecule has 0 N–H and O–H groups in total. The van der Waals surface area contributed by atoms with Crippen molar-refractivity contribution in [3.63, 3.8) is 0 Å². The molecule has 244 valence electrons. The van der Waals surface area contributed by atoms with E-state index in [1.807, 2.05) is 37.3 Å². The van der Waals surface area contributed by atoms with Crippen LogP contribution in [0.15, 0.2) is 36.4 Å². The van der Waals surface area contributed by atoms with Crippen molar-refractivity contribution in [1.82, 2.24) is 4.90 Å². The predicted molar refractivity (Wildman–Crippen MR) is 173 cm³/mol. The summed E-state index contributed by atoms with van der Waals surface area (Å²) in [5.41, 5.74) is 4.00. The topological polar surface area (TPSA) is 90.0 Å². The molecule has 0 atom stereocenters. The summed E-state index contributed by atoms with van der Waals surface area (Å²) in [4.78, 5) is 30.9. The van der Waals surface area contributed by atoms with Gasteiger partial charge >= 0.3 is 5.97 Å². The Morgan fingerprint density at radius 1 is 0.955 bits per heavy atom. The predicted octanol–water partition coefficient (Wildman–Crippen LogP) is 4.73. The first-order valence-corrected chi connectivity index (χ1v) is 15.8. The summed E-state index contributed by atoms with van der Waals surface area (Å²) >= 11 is 6.43. The molecule has 1 amide bonds. The summed E-state index contributed by atoms with van der Waals surface area (Å²) < 4.78 is 26.8. The van der Waals surface area contributed by atoms with Gasteiger partial charge in [-0.1, -0.05) is 30.7 Å². The van der Waals surface area contributed by atoms with Crippen LogP contribution in [0.25, 0.3) is 0 Å². The lowest BCUT2D eigenvalue weighted by atomic mass is 10.1. The fourth-order valence-electron chi connectivity index (χ4n) is 5.03. The molecular weight excluding hydrogens is 586 g/mol. The Hall–Kier alpha value is -2.89. The van der Waals surface area contributed by atoms with Gasteiger partial charge in [0, 0.05) is 57.0 Å². The molecule has 44 heavy (non-hydrogen) atoms. The zero-order valence-corrected chi connectivity index (χ0v) is 27.4. The van der Waals surface area contributed by atoms with Gasteiger partial charge in [-0.25, -0.2) is 4.79 Å². The number of hydrogen-bond acceptors (Lipinski definition) is 9. The molecule has 3 rings (SSSR count). The smallest absolute Gasteiger partial charge is 0.333 e. The summed E-state index contributed by atoms with van der Waals surface area (Å²) in [5, 5.41) is 0.850. The zero-order chi connectivity index (χ0) is 31.7. The van der Waals surface area contributed by atoms with Crippen LogP contribution >= 0.6 is 11.6 Å². The summed E-state index contributed by atoms with van der Waals surface area (Å²) in [7, 11) is 1.60. The molecule has 1 aliphatic rings. The minimum Gasteiger partial charge on any atom is -0.494 e. The maximum absolute atomic E-state index is 12.4. The minimum absolute atomic E-state index is 0.212. The van der Waals surface area contributed by atoms with Crippen molar-refractivity contribution in [2.24, 2.45) is 0 Å². The first-order valence-electron chi connectivity index (χ1n) is 15.4. The van der Waals surface area contributed by atoms with Gasteiger partial charge in [0.2, 0.25) is 5.91 Å². The molecule has 2 aromatic carbocycles. The van der Waals surface area contributed by atoms with E-state index in [-0.39, 0.29) is 25.9 Å². The lowest BCUT2D eigenvalue weighted by molar-refractivity contribution is -0.149. The lowest BCUT2D eigenvalue weighted by Crippen LogP contribution is -2.47. The van der Waals surface area contributed by atoms with Crippen LogP contribution in [0.4, 0.5) is 11.4 Å². The van der Waals surface area contributed by atoms with Crippen LogP contribution < -0.4 is 14.5 Å². The van der Waals surface area contributed by atoms with E-state index in [2.05, 4.69) is 22.8 Å². The van der Waals surface area contributed by atoms with Crippen molar-refractivity contribution in [3.8, 4) is 5.75 Å². The lowest BCUT2D eigenvalue weighted by Gasteiger charge is -2.37. The molecule has 0 spiro atoms. The fourth-order valence-corrected chi connectivity index (χ4v) is 5.33. The normalized spacial score (nSPS) is 13.6. The third kappa shape index (κ3) is 11.6. The summed E-state index contributed by atoms with van der Waals surface area (Å²) in [6.45, 7) is 12.3. The highest BCUT2D eigenvalue weighted by Crippen LogP contribution is 2.29. The maximum atomic E-state index is 12.4. The number of carbonyl (C=O) groups is 2. The number of rotatable bonds is 19. The van der Waals surface area contributed by atoms with E-state index >= 15 is 0 Å². The van der Waals surface area contributed by atoms with Crippen molar-refractivity contribution >= 4 is 34.9 Å². The van der Waals surface area contributed by atoms with Crippen LogP contribution in [0.2, 0.25) is 5.02 Å². The Bertz CT molecular complexity index is 1170. The molecule has 0 aromatic heterocycles. The van der Waals surface area contributed by atoms with Gasteiger partial charge in [0.25, 0.3) is 0 Å². The number of amides is 1. The third-order valence-corrected chi connectivity index (χ3v) is 7.88. The Balaban J connectivity index is 1.37. The monoisotopic (exact) mass is 633 g/mol. The quantitative estimate of drug-likeness (QED) is 0.124. The molecule has 0 aliphatic carbocycles. The van der Waals surface area contributed by atoms with E-state index in [1.54, 1.807) is 7.11 Å². The van der Waals surface area contributed by atoms with E-state index in [4.69, 9.17) is 35.3 Å². The second kappa shape index (κ2) is 19.5. The Morgan fingerprint density at radius 3 is 2.43 bits per heavy atom. The second-order valence-corrected chi connectivity index (χ2v) is 11.1. The number of aryl methyl sites for hydroxylation is 1. The number of piperazine rings is 1. The highest BCUT2D eigenvalue weighted by Gasteiger charge is 2.20. The number of anilines is 2. The van der Waals surface area contributed by atoms with Crippen molar-refractivity contribution in [3.05, 3.63) is 52.5 Å². The average Bonchev–Trinajstić information content (AvgIpc) is 3.02. The number of benzene rings is 2. The van der Waals surface area contributed by atoms with Gasteiger partial charge in [-0.3, -0.25) is 14.6 Å². The highest BCUT2D eigenvalue weighted by molar-refractivity contribution is 6.31. The first kappa shape index (κ1) is 35.6. The first-order chi connectivity index (χ1) is 21.3. The second-order valence-electron chi connectivity index (χ2n) is 10.7. The minimum atomic E-state index is -0.560. The standard InChI is InChI=1S/C33H48ClN3O7/c1-5-29-30(34)9-8-10-31(29)36-16-14-35(15-17-36)13-6-7-18-43-28-12-11-26(2)32(23-28)37(27(3)38)25-44-33(39)24-42-22-21-41-20-19-40-4/h8-12,23H,5-7,13-22,24-25H2,1-4H3. The van der Waals surface area contributed by atoms with Crippen LogP contribution in [-0.4, -0.2) is 103 Å². The van der Waals surface area contributed by atoms with Gasteiger partial charge < -0.3 is 28.6 Å². The van der Waals surface area contributed by atoms with Gasteiger partial charge in [-0.15, -0.1) is 0 Å². The molecule has 1 saturated heterocycles. The molecule has 1 heterocycles. The van der Waals surface area contributed by atoms with Crippen molar-refractivity contribution < 1.29 is 33.3 Å². The van der Waals surface area contributed by atoms with Crippen LogP contribution in [0.3, 0.4) is 0 Å². The third-order valence-electron chi connectivity index (χ3n) is 7.53. The number of ether oxygens (including phenoxy) is 5. The number of halogens is 1. The van der Waals surface area contributed by atoms with Crippen LogP contribution in [0.1, 0.15) is 37.8 Å². The van der Waals surface area contributed by atoms with E-state index in [0.29, 0.717) is 37.9 Å². The van der Waals surface area contributed by atoms with E-state index < -0.39 is 5.97 Å². The van der Waals surface area contributed by atoms with Gasteiger partial charge in [-0.05, 0) is 62.1 Å². The zero-order valence-electron chi connectivity index (χ0n) is 26.6. The largest absolute Gasteiger partial charge is 0.494 e. The molecule has 0 radical (unpaired) electrons. The van der Waals surface area contributed by atoms with E-state index in [1.165, 1.54) is 23.1 Å². The molecule has 2 aromatic rings. The van der Waals surface area contributed by atoms with E-state index in [9.17, 15) is 9.59 Å². The Morgan fingerprint density at radius 2 is 1.70 bits per heavy atom. The van der Waals surface area contributed by atoms with Crippen LogP contribution in [-0.2, 0) is 35.0 Å². The number of esters is 1. The van der Waals surface area contributed by atoms with Crippen molar-refractivity contribution in [2.45, 2.75) is 40.0 Å². The van der Waals surface area contributed by atoms with Gasteiger partial charge in [0.05, 0.1) is 38.7 Å². The maximum Gasteiger partial charge on any atom is 0.333 e. The summed E-state index contributed by atoms with van der Waals surface area (Å²) in [5.74, 6) is -0.136. The molecule has 1 aliphatic heterocycles. The molecular formula is C33H48ClN3O7. The highest BCUT2D eigenvalue weighted by atomic mass is 35.5. The molecule has 1 fully saturated rings. The number of hydrogen-bond donors (Lipinski definition) is 0. The number of unbranched alkanes of at least 4 members (excludes halogenated alkanes) is 1. The van der Waals surface area contributed by atoms with E-state index in [0.717, 1.165) is 62.6 Å². The van der Waals surface area contributed by atoms with Crippen molar-refractivity contribution in [1.29, 1.82) is 0 Å². The number of nitrogens with zero attached hydrogens (tertiary/aromatic N) is 3. The number of carbonyl (C=O) groups excluding carboxylic acids is 2. The summed E-state index contributed by atoms with van der Waals surface area (Å²) in [6, 6.07) is 11.8. The Kier molecular flexibility index (Phi) is 15.8. The summed E-state index contributed by atoms with van der Waals surface area (Å²) in [6.07, 6.45) is 2.89. The molecule has 0 bridgehead atoms. The molecule has 0 unspecified atom stereocenters. The van der Waals surface area contributed by atoms with Gasteiger partial charge in [0.1, 0.15) is 12.4 Å². The Labute approximate surface area is 267 Å². The van der Waals surface area contributed by atoms with Crippen LogP contribution in [0.5, 0.6) is 5.75 Å². The molecule has 10 nitrogen and oxygen atoms in total. The average molecular weight is 634 g/mol. The fraction of sp³-hybridized carbons (Fsp3) is 0.576. The van der Waals surface area contributed by atoms with Crippen LogP contribution in [0, 0.1) is 6.92 Å². The van der Waals surface area contributed by atoms with Gasteiger partial charge in [0.15, 0.2) is 6.73 Å². The number of methoxy groups -OCH3 is 1. The van der Waals surface area contributed by atoms with Gasteiger partial charge in [-0.2, -0.15) is 0 Å². The molecule has 0 saturated carbocycles. The van der Waals surface area contributed by atoms with Crippen molar-refractivity contribution in [2.75, 3.05) is 96.0 Å².